The first kappa shape index (κ1) is 9.55. The third-order valence-electron chi connectivity index (χ3n) is 1.49. The Morgan fingerprint density at radius 2 is 1.70 bits per heavy atom. The van der Waals surface area contributed by atoms with E-state index in [0.717, 1.165) is 5.56 Å². The Hall–Kier alpha value is -0.448. The van der Waals surface area contributed by atoms with Crippen LogP contribution in [0.25, 0.3) is 0 Å². The predicted octanol–water partition coefficient (Wildman–Crippen LogP) is 0.825. The molecule has 1 rings (SSSR count). The van der Waals surface area contributed by atoms with Gasteiger partial charge in [0.15, 0.2) is 17.4 Å². The quantitative estimate of drug-likeness (QED) is 0.546. The van der Waals surface area contributed by atoms with Gasteiger partial charge in [0, 0.05) is 0 Å². The molecule has 0 radical (unpaired) electrons. The van der Waals surface area contributed by atoms with Gasteiger partial charge in [-0.25, -0.2) is 0 Å². The number of rotatable bonds is 0. The first-order valence-electron chi connectivity index (χ1n) is 2.96. The SMILES string of the molecule is Cc1ccc(O)cc1C.[AlH3]. The van der Waals surface area contributed by atoms with Crippen LogP contribution in [0.3, 0.4) is 0 Å². The van der Waals surface area contributed by atoms with Gasteiger partial charge in [0.1, 0.15) is 5.75 Å². The van der Waals surface area contributed by atoms with Gasteiger partial charge in [-0.2, -0.15) is 0 Å². The van der Waals surface area contributed by atoms with Crippen LogP contribution < -0.4 is 0 Å². The summed E-state index contributed by atoms with van der Waals surface area (Å²) in [7, 11) is 0. The zero-order valence-corrected chi connectivity index (χ0v) is 5.68. The summed E-state index contributed by atoms with van der Waals surface area (Å²) >= 11 is 0. The van der Waals surface area contributed by atoms with Crippen LogP contribution in [0.2, 0.25) is 0 Å². The van der Waals surface area contributed by atoms with E-state index < -0.39 is 0 Å². The maximum absolute atomic E-state index is 8.94. The van der Waals surface area contributed by atoms with Crippen molar-refractivity contribution in [2.75, 3.05) is 0 Å². The molecule has 1 aromatic carbocycles. The third-order valence-corrected chi connectivity index (χ3v) is 1.49. The van der Waals surface area contributed by atoms with Crippen LogP contribution in [0.15, 0.2) is 18.2 Å². The summed E-state index contributed by atoms with van der Waals surface area (Å²) in [6.45, 7) is 4.00. The van der Waals surface area contributed by atoms with Gasteiger partial charge >= 0.3 is 0 Å². The van der Waals surface area contributed by atoms with Crippen molar-refractivity contribution in [1.29, 1.82) is 0 Å². The standard InChI is InChI=1S/C8H10O.Al.3H/c1-6-3-4-8(9)5-7(6)2;;;;/h3-5,9H,1-2H3;;;;. The molecule has 1 aromatic rings. The number of phenols is 1. The highest BCUT2D eigenvalue weighted by atomic mass is 27.0. The van der Waals surface area contributed by atoms with E-state index in [2.05, 4.69) is 0 Å². The monoisotopic (exact) mass is 152 g/mol. The summed E-state index contributed by atoms with van der Waals surface area (Å²) in [6, 6.07) is 5.36. The second-order valence-corrected chi connectivity index (χ2v) is 2.27. The lowest BCUT2D eigenvalue weighted by Gasteiger charge is -1.97. The third kappa shape index (κ3) is 2.06. The second-order valence-electron chi connectivity index (χ2n) is 2.27. The van der Waals surface area contributed by atoms with Crippen molar-refractivity contribution in [3.8, 4) is 5.75 Å². The van der Waals surface area contributed by atoms with Gasteiger partial charge in [-0.1, -0.05) is 6.07 Å². The molecule has 0 aliphatic rings. The lowest BCUT2D eigenvalue weighted by molar-refractivity contribution is 0.474. The molecule has 0 spiro atoms. The Bertz CT molecular complexity index is 220. The van der Waals surface area contributed by atoms with Crippen molar-refractivity contribution in [3.05, 3.63) is 29.3 Å². The van der Waals surface area contributed by atoms with E-state index in [-0.39, 0.29) is 17.4 Å². The van der Waals surface area contributed by atoms with Gasteiger partial charge in [-0.15, -0.1) is 0 Å². The van der Waals surface area contributed by atoms with Crippen LogP contribution in [0.5, 0.6) is 5.75 Å². The molecule has 0 atom stereocenters. The summed E-state index contributed by atoms with van der Waals surface area (Å²) in [5.74, 6) is 0.345. The molecule has 1 N–H and O–H groups in total. The van der Waals surface area contributed by atoms with Crippen molar-refractivity contribution < 1.29 is 5.11 Å². The van der Waals surface area contributed by atoms with Crippen molar-refractivity contribution >= 4 is 17.4 Å². The molecule has 0 saturated heterocycles. The minimum atomic E-state index is 0. The molecule has 0 aliphatic carbocycles. The number of aryl methyl sites for hydroxylation is 2. The van der Waals surface area contributed by atoms with Crippen molar-refractivity contribution in [2.45, 2.75) is 13.8 Å². The highest BCUT2D eigenvalue weighted by molar-refractivity contribution is 5.75. The van der Waals surface area contributed by atoms with Gasteiger partial charge in [-0.3, -0.25) is 0 Å². The Kier molecular flexibility index (Phi) is 3.49. The minimum Gasteiger partial charge on any atom is -0.508 e. The molecule has 0 amide bonds. The van der Waals surface area contributed by atoms with Crippen LogP contribution in [0, 0.1) is 13.8 Å². The van der Waals surface area contributed by atoms with E-state index in [1.807, 2.05) is 19.9 Å². The van der Waals surface area contributed by atoms with E-state index in [1.165, 1.54) is 5.56 Å². The van der Waals surface area contributed by atoms with Crippen LogP contribution >= 0.6 is 0 Å². The first-order valence-corrected chi connectivity index (χ1v) is 2.96. The average molecular weight is 152 g/mol. The first-order chi connectivity index (χ1) is 4.20. The number of aromatic hydroxyl groups is 1. The van der Waals surface area contributed by atoms with Crippen LogP contribution in [-0.2, 0) is 0 Å². The summed E-state index contributed by atoms with van der Waals surface area (Å²) in [4.78, 5) is 0. The molecule has 10 heavy (non-hydrogen) atoms. The Labute approximate surface area is 71.8 Å². The molecule has 0 aliphatic heterocycles. The molecular weight excluding hydrogens is 139 g/mol. The normalized spacial score (nSPS) is 8.60. The zero-order valence-electron chi connectivity index (χ0n) is 5.68. The lowest BCUT2D eigenvalue weighted by atomic mass is 10.1. The van der Waals surface area contributed by atoms with Crippen molar-refractivity contribution in [3.63, 3.8) is 0 Å². The molecule has 0 heterocycles. The molecule has 0 bridgehead atoms. The highest BCUT2D eigenvalue weighted by Gasteiger charge is 1.90. The smallest absolute Gasteiger partial charge is 0.187 e. The van der Waals surface area contributed by atoms with E-state index >= 15 is 0 Å². The second kappa shape index (κ2) is 3.66. The maximum Gasteiger partial charge on any atom is 0.187 e. The fourth-order valence-electron chi connectivity index (χ4n) is 0.726. The minimum absolute atomic E-state index is 0. The summed E-state index contributed by atoms with van der Waals surface area (Å²) in [5, 5.41) is 8.94. The largest absolute Gasteiger partial charge is 0.508 e. The summed E-state index contributed by atoms with van der Waals surface area (Å²) in [6.07, 6.45) is 0. The topological polar surface area (TPSA) is 20.2 Å². The van der Waals surface area contributed by atoms with Crippen LogP contribution in [0.1, 0.15) is 11.1 Å². The molecule has 1 nitrogen and oxygen atoms in total. The molecule has 0 fully saturated rings. The Balaban J connectivity index is 0.000000810. The number of hydrogen-bond donors (Lipinski definition) is 1. The van der Waals surface area contributed by atoms with Crippen molar-refractivity contribution in [1.82, 2.24) is 0 Å². The van der Waals surface area contributed by atoms with E-state index in [0.29, 0.717) is 5.75 Å². The summed E-state index contributed by atoms with van der Waals surface area (Å²) < 4.78 is 0. The van der Waals surface area contributed by atoms with Crippen molar-refractivity contribution in [2.24, 2.45) is 0 Å². The van der Waals surface area contributed by atoms with Crippen LogP contribution in [-0.4, -0.2) is 22.5 Å². The Morgan fingerprint density at radius 1 is 1.10 bits per heavy atom. The van der Waals surface area contributed by atoms with Gasteiger partial charge in [-0.05, 0) is 37.1 Å². The summed E-state index contributed by atoms with van der Waals surface area (Å²) in [5.41, 5.74) is 2.35. The fourth-order valence-corrected chi connectivity index (χ4v) is 0.726. The van der Waals surface area contributed by atoms with Crippen LogP contribution in [0.4, 0.5) is 0 Å². The molecule has 54 valence electrons. The number of phenolic OH excluding ortho intramolecular Hbond substituents is 1. The average Bonchev–Trinajstić information content (AvgIpc) is 1.80. The Morgan fingerprint density at radius 3 is 2.10 bits per heavy atom. The van der Waals surface area contributed by atoms with Gasteiger partial charge < -0.3 is 5.11 Å². The fraction of sp³-hybridized carbons (Fsp3) is 0.250. The van der Waals surface area contributed by atoms with Gasteiger partial charge in [0.05, 0.1) is 0 Å². The van der Waals surface area contributed by atoms with E-state index in [4.69, 9.17) is 5.11 Å². The zero-order chi connectivity index (χ0) is 6.85. The molecule has 0 saturated carbocycles. The van der Waals surface area contributed by atoms with E-state index in [9.17, 15) is 0 Å². The highest BCUT2D eigenvalue weighted by Crippen LogP contribution is 2.13. The molecule has 0 unspecified atom stereocenters. The molecule has 0 aromatic heterocycles. The molecular formula is C8H13AlO. The van der Waals surface area contributed by atoms with Gasteiger partial charge in [0.25, 0.3) is 0 Å². The van der Waals surface area contributed by atoms with E-state index in [1.54, 1.807) is 12.1 Å². The molecule has 2 heteroatoms. The maximum atomic E-state index is 8.94. The number of benzene rings is 1. The lowest BCUT2D eigenvalue weighted by Crippen LogP contribution is -1.76. The van der Waals surface area contributed by atoms with Gasteiger partial charge in [0.2, 0.25) is 0 Å². The number of hydrogen-bond acceptors (Lipinski definition) is 1. The predicted molar refractivity (Wildman–Crippen MR) is 47.5 cm³/mol.